The van der Waals surface area contributed by atoms with Gasteiger partial charge < -0.3 is 5.32 Å². The van der Waals surface area contributed by atoms with Crippen molar-refractivity contribution in [3.63, 3.8) is 0 Å². The Labute approximate surface area is 137 Å². The molecule has 4 nitrogen and oxygen atoms in total. The Morgan fingerprint density at radius 3 is 2.60 bits per heavy atom. The van der Waals surface area contributed by atoms with Crippen LogP contribution in [0.1, 0.15) is 5.56 Å². The van der Waals surface area contributed by atoms with Crippen LogP contribution < -0.4 is 5.32 Å². The number of hydrogen-bond acceptors (Lipinski definition) is 3. The molecule has 0 saturated heterocycles. The maximum absolute atomic E-state index is 10.8. The van der Waals surface area contributed by atoms with Gasteiger partial charge in [-0.1, -0.05) is 43.5 Å². The summed E-state index contributed by atoms with van der Waals surface area (Å²) in [6.07, 6.45) is 0. The van der Waals surface area contributed by atoms with Crippen molar-refractivity contribution in [2.45, 2.75) is 6.54 Å². The van der Waals surface area contributed by atoms with Gasteiger partial charge in [0.2, 0.25) is 0 Å². The number of nitro groups is 1. The maximum atomic E-state index is 10.8. The fraction of sp³-hybridized carbons (Fsp3) is 0.0769. The summed E-state index contributed by atoms with van der Waals surface area (Å²) in [6, 6.07) is 10.3. The largest absolute Gasteiger partial charge is 0.380 e. The monoisotopic (exact) mass is 418 g/mol. The molecule has 0 bridgehead atoms. The van der Waals surface area contributed by atoms with Crippen LogP contribution in [0.2, 0.25) is 5.02 Å². The molecule has 0 fully saturated rings. The first kappa shape index (κ1) is 15.3. The van der Waals surface area contributed by atoms with Gasteiger partial charge in [0.25, 0.3) is 5.69 Å². The molecule has 0 atom stereocenters. The number of nitrogens with one attached hydrogen (secondary N) is 1. The highest BCUT2D eigenvalue weighted by Crippen LogP contribution is 2.27. The number of rotatable bonds is 4. The highest BCUT2D eigenvalue weighted by Gasteiger charge is 2.09. The highest BCUT2D eigenvalue weighted by molar-refractivity contribution is 9.10. The molecule has 0 unspecified atom stereocenters. The molecule has 2 aromatic carbocycles. The van der Waals surface area contributed by atoms with Crippen LogP contribution >= 0.6 is 43.5 Å². The Balaban J connectivity index is 2.18. The van der Waals surface area contributed by atoms with Crippen LogP contribution in [0.5, 0.6) is 0 Å². The van der Waals surface area contributed by atoms with Crippen molar-refractivity contribution in [1.29, 1.82) is 0 Å². The Bertz CT molecular complexity index is 665. The predicted molar refractivity (Wildman–Crippen MR) is 87.3 cm³/mol. The van der Waals surface area contributed by atoms with Crippen molar-refractivity contribution in [2.24, 2.45) is 0 Å². The topological polar surface area (TPSA) is 55.2 Å². The molecule has 0 saturated carbocycles. The lowest BCUT2D eigenvalue weighted by molar-refractivity contribution is -0.385. The quantitative estimate of drug-likeness (QED) is 0.533. The standard InChI is InChI=1S/C13H9Br2ClN2O2/c14-9-1-2-12(16)13(6-9)17-7-8-3-10(15)5-11(4-8)18(19)20/h1-6,17H,7H2. The van der Waals surface area contributed by atoms with Gasteiger partial charge in [0, 0.05) is 27.6 Å². The van der Waals surface area contributed by atoms with Gasteiger partial charge in [-0.05, 0) is 29.8 Å². The third kappa shape index (κ3) is 3.94. The van der Waals surface area contributed by atoms with E-state index in [9.17, 15) is 10.1 Å². The van der Waals surface area contributed by atoms with Gasteiger partial charge >= 0.3 is 0 Å². The smallest absolute Gasteiger partial charge is 0.270 e. The Morgan fingerprint density at radius 2 is 1.90 bits per heavy atom. The first-order valence-electron chi connectivity index (χ1n) is 5.58. The molecule has 0 spiro atoms. The van der Waals surface area contributed by atoms with Crippen molar-refractivity contribution >= 4 is 54.8 Å². The van der Waals surface area contributed by atoms with Gasteiger partial charge in [-0.25, -0.2) is 0 Å². The molecule has 0 aliphatic carbocycles. The van der Waals surface area contributed by atoms with E-state index in [4.69, 9.17) is 11.6 Å². The number of nitrogens with zero attached hydrogens (tertiary/aromatic N) is 1. The van der Waals surface area contributed by atoms with Crippen LogP contribution in [-0.4, -0.2) is 4.92 Å². The molecule has 0 amide bonds. The van der Waals surface area contributed by atoms with E-state index in [1.165, 1.54) is 12.1 Å². The summed E-state index contributed by atoms with van der Waals surface area (Å²) in [5, 5.41) is 14.6. The van der Waals surface area contributed by atoms with Crippen molar-refractivity contribution in [1.82, 2.24) is 0 Å². The zero-order chi connectivity index (χ0) is 14.7. The predicted octanol–water partition coefficient (Wildman–Crippen LogP) is 5.39. The van der Waals surface area contributed by atoms with Crippen molar-refractivity contribution in [3.05, 3.63) is 66.0 Å². The minimum atomic E-state index is -0.416. The first-order chi connectivity index (χ1) is 9.45. The Hall–Kier alpha value is -1.11. The van der Waals surface area contributed by atoms with Gasteiger partial charge in [0.15, 0.2) is 0 Å². The summed E-state index contributed by atoms with van der Waals surface area (Å²) in [7, 11) is 0. The lowest BCUT2D eigenvalue weighted by Crippen LogP contribution is -2.01. The molecular formula is C13H9Br2ClN2O2. The molecule has 104 valence electrons. The average Bonchev–Trinajstić information content (AvgIpc) is 2.39. The lowest BCUT2D eigenvalue weighted by atomic mass is 10.2. The van der Waals surface area contributed by atoms with E-state index in [1.807, 2.05) is 18.2 Å². The maximum Gasteiger partial charge on any atom is 0.270 e. The number of benzene rings is 2. The molecule has 0 aliphatic heterocycles. The number of nitro benzene ring substituents is 1. The van der Waals surface area contributed by atoms with Crippen molar-refractivity contribution in [3.8, 4) is 0 Å². The second kappa shape index (κ2) is 6.56. The number of hydrogen-bond donors (Lipinski definition) is 1. The fourth-order valence-electron chi connectivity index (χ4n) is 1.67. The Morgan fingerprint density at radius 1 is 1.15 bits per heavy atom. The van der Waals surface area contributed by atoms with E-state index >= 15 is 0 Å². The zero-order valence-corrected chi connectivity index (χ0v) is 14.0. The summed E-state index contributed by atoms with van der Waals surface area (Å²) in [4.78, 5) is 10.4. The minimum Gasteiger partial charge on any atom is -0.380 e. The molecule has 0 radical (unpaired) electrons. The van der Waals surface area contributed by atoms with Crippen LogP contribution in [0.25, 0.3) is 0 Å². The minimum absolute atomic E-state index is 0.0523. The molecule has 0 aliphatic rings. The van der Waals surface area contributed by atoms with Gasteiger partial charge in [-0.15, -0.1) is 0 Å². The van der Waals surface area contributed by atoms with Crippen LogP contribution in [0.15, 0.2) is 45.3 Å². The summed E-state index contributed by atoms with van der Waals surface area (Å²) in [5.74, 6) is 0. The SMILES string of the molecule is O=[N+]([O-])c1cc(Br)cc(CNc2cc(Br)ccc2Cl)c1. The number of anilines is 1. The van der Waals surface area contributed by atoms with E-state index in [1.54, 1.807) is 6.07 Å². The molecule has 2 rings (SSSR count). The molecule has 2 aromatic rings. The first-order valence-corrected chi connectivity index (χ1v) is 7.55. The third-order valence-electron chi connectivity index (χ3n) is 2.56. The van der Waals surface area contributed by atoms with Gasteiger partial charge in [-0.2, -0.15) is 0 Å². The normalized spacial score (nSPS) is 10.3. The molecule has 1 N–H and O–H groups in total. The summed E-state index contributed by atoms with van der Waals surface area (Å²) in [6.45, 7) is 0.441. The third-order valence-corrected chi connectivity index (χ3v) is 3.85. The molecule has 0 heterocycles. The fourth-order valence-corrected chi connectivity index (χ4v) is 2.75. The van der Waals surface area contributed by atoms with Gasteiger partial charge in [0.05, 0.1) is 15.6 Å². The van der Waals surface area contributed by atoms with E-state index < -0.39 is 4.92 Å². The molecule has 20 heavy (non-hydrogen) atoms. The van der Waals surface area contributed by atoms with Crippen molar-refractivity contribution in [2.75, 3.05) is 5.32 Å². The summed E-state index contributed by atoms with van der Waals surface area (Å²) >= 11 is 12.7. The van der Waals surface area contributed by atoms with Gasteiger partial charge in [-0.3, -0.25) is 10.1 Å². The van der Waals surface area contributed by atoms with E-state index in [0.717, 1.165) is 15.7 Å². The van der Waals surface area contributed by atoms with E-state index in [-0.39, 0.29) is 5.69 Å². The zero-order valence-electron chi connectivity index (χ0n) is 10.1. The van der Waals surface area contributed by atoms with Crippen LogP contribution in [0.4, 0.5) is 11.4 Å². The van der Waals surface area contributed by atoms with E-state index in [2.05, 4.69) is 37.2 Å². The molecular weight excluding hydrogens is 411 g/mol. The lowest BCUT2D eigenvalue weighted by Gasteiger charge is -2.09. The van der Waals surface area contributed by atoms with Gasteiger partial charge in [0.1, 0.15) is 0 Å². The second-order valence-electron chi connectivity index (χ2n) is 4.05. The second-order valence-corrected chi connectivity index (χ2v) is 6.29. The molecule has 0 aromatic heterocycles. The van der Waals surface area contributed by atoms with E-state index in [0.29, 0.717) is 16.0 Å². The van der Waals surface area contributed by atoms with Crippen LogP contribution in [0, 0.1) is 10.1 Å². The number of halogens is 3. The molecule has 7 heteroatoms. The Kier molecular flexibility index (Phi) is 5.01. The summed E-state index contributed by atoms with van der Waals surface area (Å²) < 4.78 is 1.58. The van der Waals surface area contributed by atoms with Crippen molar-refractivity contribution < 1.29 is 4.92 Å². The van der Waals surface area contributed by atoms with Crippen LogP contribution in [0.3, 0.4) is 0 Å². The highest BCUT2D eigenvalue weighted by atomic mass is 79.9. The summed E-state index contributed by atoms with van der Waals surface area (Å²) in [5.41, 5.74) is 1.61. The number of non-ortho nitro benzene ring substituents is 1. The van der Waals surface area contributed by atoms with Crippen LogP contribution in [-0.2, 0) is 6.54 Å². The average molecular weight is 420 g/mol.